The molecule has 2 aromatic carbocycles. The summed E-state index contributed by atoms with van der Waals surface area (Å²) in [6, 6.07) is 4.74. The van der Waals surface area contributed by atoms with E-state index >= 15 is 0 Å². The molecule has 112 valence electrons. The lowest BCUT2D eigenvalue weighted by molar-refractivity contribution is 0.547. The van der Waals surface area contributed by atoms with Gasteiger partial charge in [-0.3, -0.25) is 4.72 Å². The van der Waals surface area contributed by atoms with E-state index in [1.165, 1.54) is 25.1 Å². The summed E-state index contributed by atoms with van der Waals surface area (Å²) in [4.78, 5) is -0.181. The maximum atomic E-state index is 13.5. The molecule has 0 aliphatic carbocycles. The van der Waals surface area contributed by atoms with Gasteiger partial charge in [-0.15, -0.1) is 0 Å². The zero-order valence-corrected chi connectivity index (χ0v) is 11.6. The van der Waals surface area contributed by atoms with Crippen LogP contribution in [0.4, 0.5) is 24.5 Å². The minimum atomic E-state index is -4.23. The van der Waals surface area contributed by atoms with Crippen molar-refractivity contribution in [3.8, 4) is 0 Å². The largest absolute Gasteiger partial charge is 0.399 e. The van der Waals surface area contributed by atoms with Gasteiger partial charge in [0.2, 0.25) is 0 Å². The fourth-order valence-electron chi connectivity index (χ4n) is 1.80. The van der Waals surface area contributed by atoms with Crippen molar-refractivity contribution in [3.05, 3.63) is 53.3 Å². The van der Waals surface area contributed by atoms with E-state index in [9.17, 15) is 21.6 Å². The molecular formula is C13H11F3N2O2S. The molecule has 0 aromatic heterocycles. The molecular weight excluding hydrogens is 305 g/mol. The van der Waals surface area contributed by atoms with Crippen molar-refractivity contribution in [1.29, 1.82) is 0 Å². The second kappa shape index (κ2) is 5.28. The summed E-state index contributed by atoms with van der Waals surface area (Å²) in [6.07, 6.45) is 0. The number of rotatable bonds is 3. The number of nitrogens with one attached hydrogen (secondary N) is 1. The van der Waals surface area contributed by atoms with Crippen LogP contribution in [0.25, 0.3) is 0 Å². The number of sulfonamides is 1. The highest BCUT2D eigenvalue weighted by Gasteiger charge is 2.21. The van der Waals surface area contributed by atoms with E-state index < -0.39 is 33.2 Å². The Labute approximate surface area is 119 Å². The molecule has 2 aromatic rings. The van der Waals surface area contributed by atoms with Gasteiger partial charge in [0.05, 0.1) is 4.90 Å². The molecule has 21 heavy (non-hydrogen) atoms. The van der Waals surface area contributed by atoms with E-state index in [-0.39, 0.29) is 4.90 Å². The van der Waals surface area contributed by atoms with Crippen molar-refractivity contribution in [2.24, 2.45) is 0 Å². The number of aryl methyl sites for hydroxylation is 1. The number of hydrogen-bond donors (Lipinski definition) is 2. The average molecular weight is 316 g/mol. The quantitative estimate of drug-likeness (QED) is 0.855. The number of nitrogens with two attached hydrogens (primary N) is 1. The first kappa shape index (κ1) is 15.2. The van der Waals surface area contributed by atoms with E-state index in [0.717, 1.165) is 0 Å². The Bertz CT molecular complexity index is 784. The highest BCUT2D eigenvalue weighted by atomic mass is 32.2. The first-order valence-corrected chi connectivity index (χ1v) is 7.22. The highest BCUT2D eigenvalue weighted by molar-refractivity contribution is 7.92. The molecule has 4 nitrogen and oxygen atoms in total. The van der Waals surface area contributed by atoms with Gasteiger partial charge in [0, 0.05) is 17.8 Å². The molecule has 0 amide bonds. The van der Waals surface area contributed by atoms with E-state index in [1.54, 1.807) is 4.72 Å². The van der Waals surface area contributed by atoms with Gasteiger partial charge in [-0.05, 0) is 30.7 Å². The van der Waals surface area contributed by atoms with Crippen LogP contribution in [0.5, 0.6) is 0 Å². The number of halogens is 3. The van der Waals surface area contributed by atoms with Crippen LogP contribution in [0.3, 0.4) is 0 Å². The van der Waals surface area contributed by atoms with E-state index in [2.05, 4.69) is 0 Å². The highest BCUT2D eigenvalue weighted by Crippen LogP contribution is 2.25. The summed E-state index contributed by atoms with van der Waals surface area (Å²) < 4.78 is 65.9. The molecule has 0 radical (unpaired) electrons. The van der Waals surface area contributed by atoms with Gasteiger partial charge in [-0.2, -0.15) is 0 Å². The molecule has 0 saturated carbocycles. The predicted octanol–water partition coefficient (Wildman–Crippen LogP) is 2.80. The normalized spacial score (nSPS) is 11.4. The van der Waals surface area contributed by atoms with Crippen LogP contribution < -0.4 is 10.5 Å². The van der Waals surface area contributed by atoms with Gasteiger partial charge < -0.3 is 5.73 Å². The van der Waals surface area contributed by atoms with E-state index in [0.29, 0.717) is 23.4 Å². The van der Waals surface area contributed by atoms with Crippen LogP contribution in [0.15, 0.2) is 35.2 Å². The molecule has 0 atom stereocenters. The molecule has 2 rings (SSSR count). The zero-order valence-electron chi connectivity index (χ0n) is 10.8. The van der Waals surface area contributed by atoms with E-state index in [4.69, 9.17) is 5.73 Å². The lowest BCUT2D eigenvalue weighted by atomic mass is 10.2. The summed E-state index contributed by atoms with van der Waals surface area (Å²) in [6.45, 7) is 1.49. The number of nitrogen functional groups attached to an aromatic ring is 1. The minimum Gasteiger partial charge on any atom is -0.399 e. The van der Waals surface area contributed by atoms with Gasteiger partial charge in [-0.25, -0.2) is 21.6 Å². The van der Waals surface area contributed by atoms with Gasteiger partial charge in [0.15, 0.2) is 11.6 Å². The third-order valence-corrected chi connectivity index (χ3v) is 4.24. The van der Waals surface area contributed by atoms with Crippen LogP contribution in [-0.4, -0.2) is 8.42 Å². The summed E-state index contributed by atoms with van der Waals surface area (Å²) in [5.41, 5.74) is 5.24. The lowest BCUT2D eigenvalue weighted by Crippen LogP contribution is -2.16. The van der Waals surface area contributed by atoms with Crippen molar-refractivity contribution in [3.63, 3.8) is 0 Å². The second-order valence-corrected chi connectivity index (χ2v) is 6.03. The van der Waals surface area contributed by atoms with Gasteiger partial charge in [0.1, 0.15) is 11.5 Å². The molecule has 0 aliphatic rings. The fraction of sp³-hybridized carbons (Fsp3) is 0.0769. The summed E-state index contributed by atoms with van der Waals surface area (Å²) >= 11 is 0. The molecule has 0 fully saturated rings. The minimum absolute atomic E-state index is 0.181. The first-order chi connectivity index (χ1) is 9.70. The lowest BCUT2D eigenvalue weighted by Gasteiger charge is -2.12. The Kier molecular flexibility index (Phi) is 3.82. The second-order valence-electron chi connectivity index (χ2n) is 4.37. The maximum Gasteiger partial charge on any atom is 0.262 e. The van der Waals surface area contributed by atoms with Crippen molar-refractivity contribution >= 4 is 21.4 Å². The Hall–Kier alpha value is -2.22. The van der Waals surface area contributed by atoms with E-state index in [1.807, 2.05) is 0 Å². The summed E-state index contributed by atoms with van der Waals surface area (Å²) in [5, 5.41) is 0. The topological polar surface area (TPSA) is 72.2 Å². The average Bonchev–Trinajstić information content (AvgIpc) is 2.33. The van der Waals surface area contributed by atoms with Crippen LogP contribution in [0, 0.1) is 24.4 Å². The van der Waals surface area contributed by atoms with Crippen molar-refractivity contribution < 1.29 is 21.6 Å². The van der Waals surface area contributed by atoms with Crippen molar-refractivity contribution in [1.82, 2.24) is 0 Å². The monoisotopic (exact) mass is 316 g/mol. The zero-order chi connectivity index (χ0) is 15.8. The Morgan fingerprint density at radius 2 is 1.62 bits per heavy atom. The molecule has 0 bridgehead atoms. The van der Waals surface area contributed by atoms with Crippen molar-refractivity contribution in [2.45, 2.75) is 11.8 Å². The molecule has 0 spiro atoms. The van der Waals surface area contributed by atoms with Gasteiger partial charge in [-0.1, -0.05) is 0 Å². The predicted molar refractivity (Wildman–Crippen MR) is 72.7 cm³/mol. The Morgan fingerprint density at radius 3 is 2.14 bits per heavy atom. The molecule has 8 heteroatoms. The number of anilines is 2. The Morgan fingerprint density at radius 1 is 1.05 bits per heavy atom. The van der Waals surface area contributed by atoms with Crippen LogP contribution >= 0.6 is 0 Å². The summed E-state index contributed by atoms with van der Waals surface area (Å²) in [7, 11) is -4.23. The number of hydrogen-bond acceptors (Lipinski definition) is 3. The third kappa shape index (κ3) is 3.10. The molecule has 0 unspecified atom stereocenters. The van der Waals surface area contributed by atoms with Crippen LogP contribution in [0.1, 0.15) is 5.56 Å². The molecule has 0 heterocycles. The number of benzene rings is 2. The smallest absolute Gasteiger partial charge is 0.262 e. The molecule has 0 saturated heterocycles. The molecule has 0 aliphatic heterocycles. The van der Waals surface area contributed by atoms with Gasteiger partial charge >= 0.3 is 0 Å². The maximum absolute atomic E-state index is 13.5. The molecule has 3 N–H and O–H groups in total. The standard InChI is InChI=1S/C13H11F3N2O2S/c1-7-4-9(17)2-3-12(7)21(19,20)18-13-10(15)5-8(14)6-11(13)16/h2-6,18H,17H2,1H3. The van der Waals surface area contributed by atoms with Gasteiger partial charge in [0.25, 0.3) is 10.0 Å². The third-order valence-electron chi connectivity index (χ3n) is 2.73. The van der Waals surface area contributed by atoms with Crippen LogP contribution in [-0.2, 0) is 10.0 Å². The first-order valence-electron chi connectivity index (χ1n) is 5.74. The van der Waals surface area contributed by atoms with Crippen LogP contribution in [0.2, 0.25) is 0 Å². The summed E-state index contributed by atoms with van der Waals surface area (Å²) in [5.74, 6) is -3.83. The Balaban J connectivity index is 2.47. The fourth-order valence-corrected chi connectivity index (χ4v) is 3.11. The van der Waals surface area contributed by atoms with Crippen molar-refractivity contribution in [2.75, 3.05) is 10.5 Å². The SMILES string of the molecule is Cc1cc(N)ccc1S(=O)(=O)Nc1c(F)cc(F)cc1F.